The van der Waals surface area contributed by atoms with Crippen LogP contribution >= 0.6 is 0 Å². The highest BCUT2D eigenvalue weighted by Crippen LogP contribution is 2.46. The number of aromatic nitrogens is 1. The van der Waals surface area contributed by atoms with Crippen LogP contribution in [0.2, 0.25) is 0 Å². The average Bonchev–Trinajstić information content (AvgIpc) is 3.36. The predicted octanol–water partition coefficient (Wildman–Crippen LogP) is 2.24. The van der Waals surface area contributed by atoms with Crippen LogP contribution in [-0.4, -0.2) is 38.7 Å². The number of nitrogens with one attached hydrogen (secondary N) is 1. The maximum Gasteiger partial charge on any atom is 0.277 e. The van der Waals surface area contributed by atoms with Gasteiger partial charge in [0.2, 0.25) is 5.43 Å². The van der Waals surface area contributed by atoms with Crippen molar-refractivity contribution in [2.75, 3.05) is 0 Å². The van der Waals surface area contributed by atoms with Gasteiger partial charge >= 0.3 is 0 Å². The largest absolute Gasteiger partial charge is 0.503 e. The smallest absolute Gasteiger partial charge is 0.277 e. The first kappa shape index (κ1) is 21.5. The van der Waals surface area contributed by atoms with Gasteiger partial charge in [0, 0.05) is 30.8 Å². The fraction of sp³-hybridized carbons (Fsp3) is 0.240. The van der Waals surface area contributed by atoms with E-state index in [1.165, 1.54) is 16.8 Å². The molecule has 2 aliphatic heterocycles. The number of nitrogens with zero attached hydrogens (tertiary/aromatic N) is 2. The van der Waals surface area contributed by atoms with Crippen LogP contribution in [0.5, 0.6) is 5.75 Å². The summed E-state index contributed by atoms with van der Waals surface area (Å²) in [6.45, 7) is -0.176. The van der Waals surface area contributed by atoms with Gasteiger partial charge < -0.3 is 19.7 Å². The highest BCUT2D eigenvalue weighted by molar-refractivity contribution is 5.99. The molecule has 1 saturated heterocycles. The molecule has 2 aromatic carbocycles. The molecule has 1 fully saturated rings. The minimum atomic E-state index is -1.01. The van der Waals surface area contributed by atoms with Gasteiger partial charge in [-0.1, -0.05) is 30.3 Å². The Morgan fingerprint density at radius 3 is 2.77 bits per heavy atom. The Kier molecular flexibility index (Phi) is 4.75. The van der Waals surface area contributed by atoms with Crippen LogP contribution in [0.3, 0.4) is 0 Å². The number of halogens is 2. The van der Waals surface area contributed by atoms with Crippen molar-refractivity contribution < 1.29 is 28.2 Å². The summed E-state index contributed by atoms with van der Waals surface area (Å²) in [4.78, 5) is 40.5. The molecular formula is C25H19F2N3O5. The molecule has 1 aliphatic carbocycles. The number of carbonyl (C=O) groups excluding carboxylic acids is 2. The lowest BCUT2D eigenvalue weighted by molar-refractivity contribution is -0.0149. The molecule has 0 radical (unpaired) electrons. The zero-order chi connectivity index (χ0) is 24.4. The number of ether oxygens (including phenoxy) is 1. The van der Waals surface area contributed by atoms with Crippen LogP contribution in [0.4, 0.5) is 8.78 Å². The third-order valence-corrected chi connectivity index (χ3v) is 6.83. The van der Waals surface area contributed by atoms with Gasteiger partial charge in [-0.05, 0) is 17.2 Å². The third-order valence-electron chi connectivity index (χ3n) is 6.83. The quantitative estimate of drug-likeness (QED) is 0.600. The second kappa shape index (κ2) is 7.74. The number of pyridine rings is 1. The topological polar surface area (TPSA) is 101 Å². The SMILES string of the molecule is O=C(NCc1ccc(F)cc1F)c1cn2c(c(O)c1=O)C(=O)N1C(C2)OC2Cc3ccccc3[C@@H]21. The summed E-state index contributed by atoms with van der Waals surface area (Å²) in [5, 5.41) is 13.1. The molecule has 178 valence electrons. The standard InChI is InChI=1S/C25H19F2N3O5/c26-14-6-5-13(17(27)8-14)9-28-24(33)16-10-29-11-19-30(25(34)21(29)23(32)22(16)31)20-15-4-2-1-3-12(15)7-18(20)35-19/h1-6,8,10,18-20,32H,7,9,11H2,(H,28,33)/t18?,19?,20-/m0/s1. The van der Waals surface area contributed by atoms with Gasteiger partial charge in [0.25, 0.3) is 11.8 Å². The van der Waals surface area contributed by atoms with Crippen molar-refractivity contribution in [3.8, 4) is 5.75 Å². The van der Waals surface area contributed by atoms with Gasteiger partial charge in [-0.15, -0.1) is 0 Å². The van der Waals surface area contributed by atoms with Gasteiger partial charge in [-0.3, -0.25) is 19.3 Å². The van der Waals surface area contributed by atoms with E-state index in [0.29, 0.717) is 12.5 Å². The molecule has 2 N–H and O–H groups in total. The molecule has 1 aromatic heterocycles. The van der Waals surface area contributed by atoms with Crippen LogP contribution in [0.15, 0.2) is 53.5 Å². The summed E-state index contributed by atoms with van der Waals surface area (Å²) < 4.78 is 34.5. The molecular weight excluding hydrogens is 460 g/mol. The number of benzene rings is 2. The molecule has 6 rings (SSSR count). The van der Waals surface area contributed by atoms with Gasteiger partial charge in [0.05, 0.1) is 18.7 Å². The molecule has 2 unspecified atom stereocenters. The van der Waals surface area contributed by atoms with Gasteiger partial charge in [0.15, 0.2) is 17.7 Å². The fourth-order valence-electron chi connectivity index (χ4n) is 5.23. The lowest BCUT2D eigenvalue weighted by Gasteiger charge is -2.34. The van der Waals surface area contributed by atoms with Crippen LogP contribution in [-0.2, 0) is 24.2 Å². The van der Waals surface area contributed by atoms with E-state index in [0.717, 1.165) is 17.2 Å². The Labute approximate surface area is 197 Å². The minimum Gasteiger partial charge on any atom is -0.503 e. The summed E-state index contributed by atoms with van der Waals surface area (Å²) in [6, 6.07) is 10.3. The molecule has 3 aromatic rings. The zero-order valence-corrected chi connectivity index (χ0v) is 18.2. The van der Waals surface area contributed by atoms with Crippen molar-refractivity contribution in [2.45, 2.75) is 37.9 Å². The highest BCUT2D eigenvalue weighted by Gasteiger charge is 2.52. The first-order valence-electron chi connectivity index (χ1n) is 11.1. The molecule has 3 heterocycles. The van der Waals surface area contributed by atoms with Crippen molar-refractivity contribution >= 4 is 11.8 Å². The van der Waals surface area contributed by atoms with Crippen LogP contribution in [0, 0.1) is 11.6 Å². The fourth-order valence-corrected chi connectivity index (χ4v) is 5.23. The normalized spacial score (nSPS) is 21.8. The summed E-state index contributed by atoms with van der Waals surface area (Å²) in [5.41, 5.74) is 0.473. The molecule has 10 heteroatoms. The monoisotopic (exact) mass is 479 g/mol. The van der Waals surface area contributed by atoms with Crippen molar-refractivity contribution in [1.82, 2.24) is 14.8 Å². The molecule has 0 spiro atoms. The molecule has 3 atom stereocenters. The predicted molar refractivity (Wildman–Crippen MR) is 118 cm³/mol. The zero-order valence-electron chi connectivity index (χ0n) is 18.2. The van der Waals surface area contributed by atoms with Crippen LogP contribution in [0.1, 0.15) is 43.6 Å². The second-order valence-electron chi connectivity index (χ2n) is 8.83. The number of amides is 2. The molecule has 0 saturated carbocycles. The highest BCUT2D eigenvalue weighted by atomic mass is 19.1. The molecule has 2 amide bonds. The van der Waals surface area contributed by atoms with E-state index < -0.39 is 46.4 Å². The maximum absolute atomic E-state index is 13.9. The van der Waals surface area contributed by atoms with E-state index in [-0.39, 0.29) is 36.5 Å². The Bertz CT molecular complexity index is 1470. The minimum absolute atomic E-state index is 0.0269. The number of carbonyl (C=O) groups is 2. The summed E-state index contributed by atoms with van der Waals surface area (Å²) >= 11 is 0. The van der Waals surface area contributed by atoms with Gasteiger partial charge in [0.1, 0.15) is 17.2 Å². The van der Waals surface area contributed by atoms with Crippen LogP contribution in [0.25, 0.3) is 0 Å². The third kappa shape index (κ3) is 3.24. The van der Waals surface area contributed by atoms with Crippen molar-refractivity contribution in [3.05, 3.63) is 98.5 Å². The number of fused-ring (bicyclic) bond motifs is 6. The van der Waals surface area contributed by atoms with Gasteiger partial charge in [-0.2, -0.15) is 0 Å². The Morgan fingerprint density at radius 2 is 1.97 bits per heavy atom. The number of hydrogen-bond acceptors (Lipinski definition) is 5. The van der Waals surface area contributed by atoms with E-state index in [4.69, 9.17) is 4.74 Å². The first-order chi connectivity index (χ1) is 16.8. The van der Waals surface area contributed by atoms with E-state index in [1.807, 2.05) is 24.3 Å². The average molecular weight is 479 g/mol. The summed E-state index contributed by atoms with van der Waals surface area (Å²) in [7, 11) is 0. The maximum atomic E-state index is 13.9. The summed E-state index contributed by atoms with van der Waals surface area (Å²) in [5.74, 6) is -3.84. The lowest BCUT2D eigenvalue weighted by Crippen LogP contribution is -2.47. The van der Waals surface area contributed by atoms with Crippen molar-refractivity contribution in [2.24, 2.45) is 0 Å². The van der Waals surface area contributed by atoms with Gasteiger partial charge in [-0.25, -0.2) is 8.78 Å². The van der Waals surface area contributed by atoms with Crippen molar-refractivity contribution in [1.29, 1.82) is 0 Å². The molecule has 8 nitrogen and oxygen atoms in total. The number of aromatic hydroxyl groups is 1. The van der Waals surface area contributed by atoms with E-state index in [9.17, 15) is 28.3 Å². The Morgan fingerprint density at radius 1 is 1.17 bits per heavy atom. The Balaban J connectivity index is 1.30. The van der Waals surface area contributed by atoms with E-state index in [1.54, 1.807) is 4.90 Å². The first-order valence-corrected chi connectivity index (χ1v) is 11.1. The van der Waals surface area contributed by atoms with E-state index >= 15 is 0 Å². The summed E-state index contributed by atoms with van der Waals surface area (Å²) in [6.07, 6.45) is 0.992. The van der Waals surface area contributed by atoms with Crippen LogP contribution < -0.4 is 10.7 Å². The molecule has 35 heavy (non-hydrogen) atoms. The van der Waals surface area contributed by atoms with Crippen molar-refractivity contribution in [3.63, 3.8) is 0 Å². The second-order valence-corrected chi connectivity index (χ2v) is 8.83. The molecule has 0 bridgehead atoms. The van der Waals surface area contributed by atoms with E-state index in [2.05, 4.69) is 5.32 Å². The lowest BCUT2D eigenvalue weighted by atomic mass is 10.0. The molecule has 3 aliphatic rings. The Hall–Kier alpha value is -4.05. The number of rotatable bonds is 3. The number of hydrogen-bond donors (Lipinski definition) is 2.